The van der Waals surface area contributed by atoms with Crippen molar-refractivity contribution in [1.82, 2.24) is 9.97 Å². The first-order valence-corrected chi connectivity index (χ1v) is 8.05. The molecule has 2 aromatic carbocycles. The van der Waals surface area contributed by atoms with Gasteiger partial charge in [-0.3, -0.25) is 4.79 Å². The van der Waals surface area contributed by atoms with Crippen molar-refractivity contribution in [2.45, 2.75) is 0 Å². The molecule has 0 saturated carbocycles. The summed E-state index contributed by atoms with van der Waals surface area (Å²) in [5.74, 6) is 1.22. The molecular weight excluding hydrogens is 340 g/mol. The van der Waals surface area contributed by atoms with Crippen molar-refractivity contribution >= 4 is 33.4 Å². The molecule has 25 heavy (non-hydrogen) atoms. The van der Waals surface area contributed by atoms with Crippen LogP contribution in [0.2, 0.25) is 5.02 Å². The topological polar surface area (TPSA) is 67.1 Å². The van der Waals surface area contributed by atoms with Gasteiger partial charge in [-0.2, -0.15) is 0 Å². The molecule has 0 aliphatic carbocycles. The van der Waals surface area contributed by atoms with Crippen molar-refractivity contribution in [2.24, 2.45) is 0 Å². The number of fused-ring (bicyclic) bond motifs is 3. The highest BCUT2D eigenvalue weighted by Crippen LogP contribution is 2.35. The largest absolute Gasteiger partial charge is 0.493 e. The van der Waals surface area contributed by atoms with Crippen LogP contribution < -0.4 is 15.0 Å². The Morgan fingerprint density at radius 2 is 1.56 bits per heavy atom. The van der Waals surface area contributed by atoms with Crippen LogP contribution in [0.4, 0.5) is 0 Å². The number of aromatic amines is 2. The molecule has 4 aromatic rings. The van der Waals surface area contributed by atoms with Crippen LogP contribution in [0.3, 0.4) is 0 Å². The summed E-state index contributed by atoms with van der Waals surface area (Å²) in [7, 11) is 3.17. The molecule has 0 atom stereocenters. The van der Waals surface area contributed by atoms with Crippen LogP contribution >= 0.6 is 11.6 Å². The highest BCUT2D eigenvalue weighted by molar-refractivity contribution is 6.30. The molecule has 0 bridgehead atoms. The third-order valence-electron chi connectivity index (χ3n) is 4.26. The average Bonchev–Trinajstić information content (AvgIpc) is 2.99. The van der Waals surface area contributed by atoms with E-state index in [1.807, 2.05) is 30.3 Å². The lowest BCUT2D eigenvalue weighted by Crippen LogP contribution is -2.06. The Hall–Kier alpha value is -2.92. The predicted molar refractivity (Wildman–Crippen MR) is 100.0 cm³/mol. The molecule has 0 unspecified atom stereocenters. The third-order valence-corrected chi connectivity index (χ3v) is 4.51. The van der Waals surface area contributed by atoms with Crippen molar-refractivity contribution in [3.05, 3.63) is 57.8 Å². The first kappa shape index (κ1) is 15.6. The Balaban J connectivity index is 2.02. The van der Waals surface area contributed by atoms with Gasteiger partial charge in [-0.1, -0.05) is 23.7 Å². The maximum Gasteiger partial charge on any atom is 0.272 e. The quantitative estimate of drug-likeness (QED) is 0.575. The number of benzene rings is 2. The zero-order valence-electron chi connectivity index (χ0n) is 13.6. The van der Waals surface area contributed by atoms with Gasteiger partial charge in [0, 0.05) is 27.6 Å². The van der Waals surface area contributed by atoms with E-state index in [0.29, 0.717) is 22.0 Å². The van der Waals surface area contributed by atoms with E-state index in [4.69, 9.17) is 21.1 Å². The number of aromatic nitrogens is 2. The van der Waals surface area contributed by atoms with Crippen molar-refractivity contribution in [1.29, 1.82) is 0 Å². The smallest absolute Gasteiger partial charge is 0.272 e. The average molecular weight is 355 g/mol. The van der Waals surface area contributed by atoms with Gasteiger partial charge < -0.3 is 19.4 Å². The summed E-state index contributed by atoms with van der Waals surface area (Å²) in [6, 6.07) is 13.0. The Morgan fingerprint density at radius 3 is 2.24 bits per heavy atom. The van der Waals surface area contributed by atoms with E-state index in [2.05, 4.69) is 9.97 Å². The van der Waals surface area contributed by atoms with Crippen LogP contribution in [0.1, 0.15) is 0 Å². The summed E-state index contributed by atoms with van der Waals surface area (Å²) in [4.78, 5) is 18.6. The van der Waals surface area contributed by atoms with Crippen molar-refractivity contribution in [2.75, 3.05) is 14.2 Å². The zero-order chi connectivity index (χ0) is 17.6. The second kappa shape index (κ2) is 5.86. The van der Waals surface area contributed by atoms with Gasteiger partial charge in [-0.25, -0.2) is 0 Å². The van der Waals surface area contributed by atoms with E-state index in [1.54, 1.807) is 26.4 Å². The molecule has 0 spiro atoms. The van der Waals surface area contributed by atoms with E-state index in [0.717, 1.165) is 27.5 Å². The molecule has 2 N–H and O–H groups in total. The molecule has 6 heteroatoms. The number of pyridine rings is 1. The van der Waals surface area contributed by atoms with E-state index < -0.39 is 0 Å². The molecule has 0 fully saturated rings. The van der Waals surface area contributed by atoms with Crippen molar-refractivity contribution < 1.29 is 9.47 Å². The maximum atomic E-state index is 12.5. The summed E-state index contributed by atoms with van der Waals surface area (Å²) in [6.07, 6.45) is 0. The van der Waals surface area contributed by atoms with Crippen LogP contribution in [-0.2, 0) is 0 Å². The van der Waals surface area contributed by atoms with Gasteiger partial charge in [0.1, 0.15) is 5.52 Å². The molecule has 126 valence electrons. The summed E-state index contributed by atoms with van der Waals surface area (Å²) in [6.45, 7) is 0. The van der Waals surface area contributed by atoms with Gasteiger partial charge in [-0.15, -0.1) is 0 Å². The van der Waals surface area contributed by atoms with Crippen LogP contribution in [0.25, 0.3) is 33.1 Å². The monoisotopic (exact) mass is 354 g/mol. The van der Waals surface area contributed by atoms with Crippen LogP contribution in [0.5, 0.6) is 11.5 Å². The number of hydrogen-bond donors (Lipinski definition) is 2. The summed E-state index contributed by atoms with van der Waals surface area (Å²) >= 11 is 5.95. The van der Waals surface area contributed by atoms with Gasteiger partial charge in [-0.05, 0) is 29.8 Å². The molecule has 5 nitrogen and oxygen atoms in total. The number of halogens is 1. The summed E-state index contributed by atoms with van der Waals surface area (Å²) in [5.41, 5.74) is 2.76. The van der Waals surface area contributed by atoms with Gasteiger partial charge in [0.2, 0.25) is 0 Å². The SMILES string of the molecule is COc1cc2[nH]c3c(=O)[nH]c(-c4ccc(Cl)cc4)cc3c2cc1OC. The minimum absolute atomic E-state index is 0.184. The third kappa shape index (κ3) is 2.53. The second-order valence-corrected chi connectivity index (χ2v) is 6.12. The highest BCUT2D eigenvalue weighted by atomic mass is 35.5. The number of nitrogens with one attached hydrogen (secondary N) is 2. The van der Waals surface area contributed by atoms with Crippen molar-refractivity contribution in [3.63, 3.8) is 0 Å². The first-order chi connectivity index (χ1) is 12.1. The van der Waals surface area contributed by atoms with Crippen LogP contribution in [0.15, 0.2) is 47.3 Å². The zero-order valence-corrected chi connectivity index (χ0v) is 14.4. The first-order valence-electron chi connectivity index (χ1n) is 7.67. The second-order valence-electron chi connectivity index (χ2n) is 5.69. The molecule has 4 rings (SSSR count). The van der Waals surface area contributed by atoms with Crippen LogP contribution in [0, 0.1) is 0 Å². The molecule has 2 heterocycles. The summed E-state index contributed by atoms with van der Waals surface area (Å²) in [5, 5.41) is 2.37. The van der Waals surface area contributed by atoms with E-state index in [1.165, 1.54) is 0 Å². The Labute approximate surface area is 148 Å². The van der Waals surface area contributed by atoms with E-state index in [-0.39, 0.29) is 5.56 Å². The number of rotatable bonds is 3. The Morgan fingerprint density at radius 1 is 0.880 bits per heavy atom. The minimum atomic E-state index is -0.184. The van der Waals surface area contributed by atoms with Gasteiger partial charge >= 0.3 is 0 Å². The van der Waals surface area contributed by atoms with Crippen LogP contribution in [-0.4, -0.2) is 24.2 Å². The number of ether oxygens (including phenoxy) is 2. The van der Waals surface area contributed by atoms with Gasteiger partial charge in [0.05, 0.1) is 19.7 Å². The number of methoxy groups -OCH3 is 2. The van der Waals surface area contributed by atoms with E-state index >= 15 is 0 Å². The lowest BCUT2D eigenvalue weighted by Gasteiger charge is -2.07. The molecule has 0 aliphatic rings. The lowest BCUT2D eigenvalue weighted by molar-refractivity contribution is 0.356. The molecule has 0 aliphatic heterocycles. The number of hydrogen-bond acceptors (Lipinski definition) is 3. The van der Waals surface area contributed by atoms with E-state index in [9.17, 15) is 4.79 Å². The normalized spacial score (nSPS) is 11.2. The maximum absolute atomic E-state index is 12.5. The molecule has 2 aromatic heterocycles. The Kier molecular flexibility index (Phi) is 3.66. The molecule has 0 radical (unpaired) electrons. The molecule has 0 amide bonds. The summed E-state index contributed by atoms with van der Waals surface area (Å²) < 4.78 is 10.7. The fraction of sp³-hybridized carbons (Fsp3) is 0.105. The molecular formula is C19H15ClN2O3. The predicted octanol–water partition coefficient (Wildman–Crippen LogP) is 4.35. The highest BCUT2D eigenvalue weighted by Gasteiger charge is 2.14. The number of H-pyrrole nitrogens is 2. The molecule has 0 saturated heterocycles. The standard InChI is InChI=1S/C19H15ClN2O3/c1-24-16-8-12-13-7-14(10-3-5-11(20)6-4-10)22-19(23)18(13)21-15(12)9-17(16)25-2/h3-9,21H,1-2H3,(H,22,23). The Bertz CT molecular complexity index is 1140. The van der Waals surface area contributed by atoms with Crippen molar-refractivity contribution in [3.8, 4) is 22.8 Å². The fourth-order valence-corrected chi connectivity index (χ4v) is 3.15. The minimum Gasteiger partial charge on any atom is -0.493 e. The van der Waals surface area contributed by atoms with Gasteiger partial charge in [0.15, 0.2) is 11.5 Å². The van der Waals surface area contributed by atoms with Gasteiger partial charge in [0.25, 0.3) is 5.56 Å². The fourth-order valence-electron chi connectivity index (χ4n) is 3.02. The lowest BCUT2D eigenvalue weighted by atomic mass is 10.1.